The number of rotatable bonds is 4. The van der Waals surface area contributed by atoms with Gasteiger partial charge in [-0.25, -0.2) is 0 Å². The highest BCUT2D eigenvalue weighted by Crippen LogP contribution is 2.49. The van der Waals surface area contributed by atoms with Crippen molar-refractivity contribution in [2.75, 3.05) is 33.9 Å². The van der Waals surface area contributed by atoms with Crippen LogP contribution in [0.3, 0.4) is 0 Å². The Bertz CT molecular complexity index is 966. The van der Waals surface area contributed by atoms with Gasteiger partial charge in [-0.1, -0.05) is 25.1 Å². The SMILES string of the molecule is CCN1CCC2(CC1)Oc1ccccc1[C@@H]1C=C(c3ccc(OC)cc3OC)NN12. The van der Waals surface area contributed by atoms with Gasteiger partial charge in [-0.05, 0) is 30.8 Å². The molecule has 3 aliphatic heterocycles. The molecule has 1 spiro atoms. The lowest BCUT2D eigenvalue weighted by Crippen LogP contribution is -2.63. The summed E-state index contributed by atoms with van der Waals surface area (Å²) in [5.41, 5.74) is 6.58. The second-order valence-corrected chi connectivity index (χ2v) is 8.09. The van der Waals surface area contributed by atoms with E-state index in [9.17, 15) is 0 Å². The van der Waals surface area contributed by atoms with Gasteiger partial charge in [-0.2, -0.15) is 5.01 Å². The van der Waals surface area contributed by atoms with E-state index in [1.165, 1.54) is 5.56 Å². The Morgan fingerprint density at radius 1 is 1.10 bits per heavy atom. The monoisotopic (exact) mass is 407 g/mol. The normalized spacial score (nSPS) is 22.5. The third kappa shape index (κ3) is 3.02. The molecule has 0 radical (unpaired) electrons. The van der Waals surface area contributed by atoms with E-state index >= 15 is 0 Å². The highest BCUT2D eigenvalue weighted by molar-refractivity contribution is 5.72. The van der Waals surface area contributed by atoms with Crippen LogP contribution in [0.4, 0.5) is 0 Å². The molecule has 158 valence electrons. The van der Waals surface area contributed by atoms with E-state index in [1.807, 2.05) is 18.2 Å². The molecule has 3 aliphatic rings. The van der Waals surface area contributed by atoms with Gasteiger partial charge in [0, 0.05) is 43.1 Å². The zero-order valence-electron chi connectivity index (χ0n) is 17.9. The number of fused-ring (bicyclic) bond motifs is 4. The molecule has 0 saturated carbocycles. The molecule has 0 unspecified atom stereocenters. The van der Waals surface area contributed by atoms with E-state index in [-0.39, 0.29) is 11.8 Å². The lowest BCUT2D eigenvalue weighted by Gasteiger charge is -2.51. The number of likely N-dealkylation sites (tertiary alicyclic amines) is 1. The van der Waals surface area contributed by atoms with Crippen molar-refractivity contribution in [3.05, 3.63) is 59.7 Å². The van der Waals surface area contributed by atoms with E-state index in [0.717, 1.165) is 61.0 Å². The largest absolute Gasteiger partial charge is 0.497 e. The summed E-state index contributed by atoms with van der Waals surface area (Å²) in [7, 11) is 3.37. The molecule has 3 heterocycles. The fraction of sp³-hybridized carbons (Fsp3) is 0.417. The standard InChI is InChI=1S/C24H29N3O3/c1-4-26-13-11-24(12-14-26)27-21(19-7-5-6-8-22(19)30-24)16-20(25-27)18-10-9-17(28-2)15-23(18)29-3/h5-10,15-16,21,25H,4,11-14H2,1-3H3/t21-/m0/s1. The third-order valence-corrected chi connectivity index (χ3v) is 6.60. The van der Waals surface area contributed by atoms with Gasteiger partial charge >= 0.3 is 0 Å². The quantitative estimate of drug-likeness (QED) is 0.832. The van der Waals surface area contributed by atoms with Crippen LogP contribution in [0.1, 0.15) is 36.9 Å². The Hall–Kier alpha value is -2.70. The summed E-state index contributed by atoms with van der Waals surface area (Å²) < 4.78 is 17.7. The smallest absolute Gasteiger partial charge is 0.182 e. The Labute approximate surface area is 178 Å². The fourth-order valence-electron chi connectivity index (χ4n) is 4.86. The molecule has 6 nitrogen and oxygen atoms in total. The Balaban J connectivity index is 1.54. The number of methoxy groups -OCH3 is 2. The molecule has 0 aromatic heterocycles. The number of hydrazine groups is 1. The summed E-state index contributed by atoms with van der Waals surface area (Å²) in [6.07, 6.45) is 4.21. The predicted octanol–water partition coefficient (Wildman–Crippen LogP) is 3.81. The van der Waals surface area contributed by atoms with Crippen LogP contribution in [0.15, 0.2) is 48.5 Å². The predicted molar refractivity (Wildman–Crippen MR) is 116 cm³/mol. The molecule has 5 rings (SSSR count). The molecule has 0 amide bonds. The molecule has 30 heavy (non-hydrogen) atoms. The van der Waals surface area contributed by atoms with E-state index in [2.05, 4.69) is 52.6 Å². The molecular formula is C24H29N3O3. The van der Waals surface area contributed by atoms with Crippen LogP contribution < -0.4 is 19.6 Å². The first-order valence-electron chi connectivity index (χ1n) is 10.7. The number of piperidine rings is 1. The molecule has 6 heteroatoms. The first-order valence-corrected chi connectivity index (χ1v) is 10.7. The van der Waals surface area contributed by atoms with Gasteiger partial charge in [0.2, 0.25) is 0 Å². The van der Waals surface area contributed by atoms with E-state index in [1.54, 1.807) is 14.2 Å². The summed E-state index contributed by atoms with van der Waals surface area (Å²) in [4.78, 5) is 2.49. The second kappa shape index (κ2) is 7.52. The maximum absolute atomic E-state index is 6.70. The topological polar surface area (TPSA) is 46.2 Å². The van der Waals surface area contributed by atoms with Gasteiger partial charge < -0.3 is 24.5 Å². The first kappa shape index (κ1) is 19.3. The fourth-order valence-corrected chi connectivity index (χ4v) is 4.86. The molecule has 1 atom stereocenters. The van der Waals surface area contributed by atoms with Crippen LogP contribution in [-0.2, 0) is 0 Å². The Morgan fingerprint density at radius 2 is 1.90 bits per heavy atom. The first-order chi connectivity index (χ1) is 14.7. The van der Waals surface area contributed by atoms with Crippen LogP contribution in [0, 0.1) is 0 Å². The van der Waals surface area contributed by atoms with Crippen LogP contribution >= 0.6 is 0 Å². The van der Waals surface area contributed by atoms with Crippen molar-refractivity contribution in [2.45, 2.75) is 31.5 Å². The third-order valence-electron chi connectivity index (χ3n) is 6.60. The highest BCUT2D eigenvalue weighted by Gasteiger charge is 2.51. The van der Waals surface area contributed by atoms with Crippen molar-refractivity contribution in [3.8, 4) is 17.2 Å². The van der Waals surface area contributed by atoms with Crippen molar-refractivity contribution >= 4 is 5.70 Å². The summed E-state index contributed by atoms with van der Waals surface area (Å²) in [5, 5.41) is 2.32. The lowest BCUT2D eigenvalue weighted by atomic mass is 9.93. The van der Waals surface area contributed by atoms with E-state index in [4.69, 9.17) is 14.2 Å². The molecule has 1 saturated heterocycles. The molecule has 1 fully saturated rings. The van der Waals surface area contributed by atoms with Crippen LogP contribution in [-0.4, -0.2) is 49.5 Å². The summed E-state index contributed by atoms with van der Waals surface area (Å²) in [6, 6.07) is 14.5. The number of nitrogens with zero attached hydrogens (tertiary/aromatic N) is 2. The zero-order valence-corrected chi connectivity index (χ0v) is 17.9. The summed E-state index contributed by atoms with van der Waals surface area (Å²) in [6.45, 7) is 5.37. The van der Waals surface area contributed by atoms with Gasteiger partial charge in [-0.3, -0.25) is 0 Å². The number of hydrogen-bond donors (Lipinski definition) is 1. The van der Waals surface area contributed by atoms with E-state index in [0.29, 0.717) is 0 Å². The average molecular weight is 408 g/mol. The number of ether oxygens (including phenoxy) is 3. The summed E-state index contributed by atoms with van der Waals surface area (Å²) in [5.74, 6) is 2.56. The van der Waals surface area contributed by atoms with Crippen LogP contribution in [0.5, 0.6) is 17.2 Å². The number of para-hydroxylation sites is 1. The van der Waals surface area contributed by atoms with Crippen molar-refractivity contribution in [2.24, 2.45) is 0 Å². The number of nitrogens with one attached hydrogen (secondary N) is 1. The van der Waals surface area contributed by atoms with Crippen molar-refractivity contribution < 1.29 is 14.2 Å². The van der Waals surface area contributed by atoms with Gasteiger partial charge in [0.25, 0.3) is 0 Å². The van der Waals surface area contributed by atoms with Gasteiger partial charge in [0.05, 0.1) is 26.0 Å². The van der Waals surface area contributed by atoms with E-state index < -0.39 is 0 Å². The minimum Gasteiger partial charge on any atom is -0.497 e. The zero-order chi connectivity index (χ0) is 20.7. The molecule has 0 aliphatic carbocycles. The second-order valence-electron chi connectivity index (χ2n) is 8.09. The minimum atomic E-state index is -0.358. The molecule has 0 bridgehead atoms. The van der Waals surface area contributed by atoms with Crippen LogP contribution in [0.2, 0.25) is 0 Å². The molecule has 1 N–H and O–H groups in total. The molecule has 2 aromatic rings. The highest BCUT2D eigenvalue weighted by atomic mass is 16.5. The number of benzene rings is 2. The average Bonchev–Trinajstić information content (AvgIpc) is 3.26. The Kier molecular flexibility index (Phi) is 4.83. The van der Waals surface area contributed by atoms with Crippen molar-refractivity contribution in [1.29, 1.82) is 0 Å². The van der Waals surface area contributed by atoms with Gasteiger partial charge in [-0.15, -0.1) is 0 Å². The van der Waals surface area contributed by atoms with Gasteiger partial charge in [0.1, 0.15) is 17.2 Å². The maximum atomic E-state index is 6.70. The summed E-state index contributed by atoms with van der Waals surface area (Å²) >= 11 is 0. The molecule has 2 aromatic carbocycles. The maximum Gasteiger partial charge on any atom is 0.182 e. The Morgan fingerprint density at radius 3 is 2.63 bits per heavy atom. The molecular weight excluding hydrogens is 378 g/mol. The van der Waals surface area contributed by atoms with Crippen LogP contribution in [0.25, 0.3) is 5.70 Å². The van der Waals surface area contributed by atoms with Crippen molar-refractivity contribution in [3.63, 3.8) is 0 Å². The minimum absolute atomic E-state index is 0.116. The lowest BCUT2D eigenvalue weighted by molar-refractivity contribution is -0.159. The van der Waals surface area contributed by atoms with Crippen molar-refractivity contribution in [1.82, 2.24) is 15.3 Å². The number of hydrogen-bond acceptors (Lipinski definition) is 6. The van der Waals surface area contributed by atoms with Gasteiger partial charge in [0.15, 0.2) is 5.72 Å².